The summed E-state index contributed by atoms with van der Waals surface area (Å²) in [6.07, 6.45) is 2.42. The van der Waals surface area contributed by atoms with E-state index in [1.54, 1.807) is 0 Å². The predicted octanol–water partition coefficient (Wildman–Crippen LogP) is 4.43. The lowest BCUT2D eigenvalue weighted by Crippen LogP contribution is -2.34. The Labute approximate surface area is 125 Å². The van der Waals surface area contributed by atoms with Gasteiger partial charge in [-0.3, -0.25) is 0 Å². The van der Waals surface area contributed by atoms with Crippen molar-refractivity contribution in [3.63, 3.8) is 0 Å². The van der Waals surface area contributed by atoms with Crippen molar-refractivity contribution in [1.82, 2.24) is 10.3 Å². The predicted molar refractivity (Wildman–Crippen MR) is 88.3 cm³/mol. The molecule has 2 N–H and O–H groups in total. The van der Waals surface area contributed by atoms with Crippen molar-refractivity contribution in [2.75, 3.05) is 6.54 Å². The van der Waals surface area contributed by atoms with Gasteiger partial charge in [0.05, 0.1) is 5.54 Å². The summed E-state index contributed by atoms with van der Waals surface area (Å²) in [5.41, 5.74) is 5.24. The molecule has 2 nitrogen and oxygen atoms in total. The van der Waals surface area contributed by atoms with E-state index in [-0.39, 0.29) is 5.54 Å². The Morgan fingerprint density at radius 1 is 0.952 bits per heavy atom. The molecule has 1 saturated heterocycles. The maximum Gasteiger partial charge on any atom is 0.0565 e. The summed E-state index contributed by atoms with van der Waals surface area (Å²) in [5, 5.41) is 5.00. The SMILES string of the molecule is CC1(c2[nH]c3ccccc3c2-c2ccccc2)CCCN1. The topological polar surface area (TPSA) is 27.8 Å². The summed E-state index contributed by atoms with van der Waals surface area (Å²) in [6, 6.07) is 19.3. The van der Waals surface area contributed by atoms with Crippen LogP contribution in [0.25, 0.3) is 22.0 Å². The van der Waals surface area contributed by atoms with Gasteiger partial charge in [-0.15, -0.1) is 0 Å². The largest absolute Gasteiger partial charge is 0.356 e. The van der Waals surface area contributed by atoms with Gasteiger partial charge in [-0.1, -0.05) is 48.5 Å². The number of hydrogen-bond acceptors (Lipinski definition) is 1. The lowest BCUT2D eigenvalue weighted by Gasteiger charge is -2.25. The first-order chi connectivity index (χ1) is 10.3. The first-order valence-corrected chi connectivity index (χ1v) is 7.70. The molecule has 106 valence electrons. The number of rotatable bonds is 2. The highest BCUT2D eigenvalue weighted by atomic mass is 15.0. The fraction of sp³-hybridized carbons (Fsp3) is 0.263. The highest BCUT2D eigenvalue weighted by Gasteiger charge is 2.34. The number of benzene rings is 2. The second kappa shape index (κ2) is 4.74. The summed E-state index contributed by atoms with van der Waals surface area (Å²) in [5.74, 6) is 0. The summed E-state index contributed by atoms with van der Waals surface area (Å²) >= 11 is 0. The molecule has 2 aromatic carbocycles. The summed E-state index contributed by atoms with van der Waals surface area (Å²) in [7, 11) is 0. The molecule has 0 saturated carbocycles. The zero-order valence-electron chi connectivity index (χ0n) is 12.3. The first kappa shape index (κ1) is 12.7. The van der Waals surface area contributed by atoms with Gasteiger partial charge in [0.1, 0.15) is 0 Å². The molecule has 1 atom stereocenters. The third kappa shape index (κ3) is 1.98. The monoisotopic (exact) mass is 276 g/mol. The highest BCUT2D eigenvalue weighted by Crippen LogP contribution is 2.40. The molecule has 0 bridgehead atoms. The van der Waals surface area contributed by atoms with Gasteiger partial charge in [-0.25, -0.2) is 0 Å². The van der Waals surface area contributed by atoms with E-state index in [1.165, 1.54) is 40.6 Å². The van der Waals surface area contributed by atoms with Crippen molar-refractivity contribution in [2.45, 2.75) is 25.3 Å². The molecule has 1 aliphatic rings. The van der Waals surface area contributed by atoms with Crippen LogP contribution >= 0.6 is 0 Å². The van der Waals surface area contributed by atoms with Gasteiger partial charge in [0, 0.05) is 22.2 Å². The summed E-state index contributed by atoms with van der Waals surface area (Å²) < 4.78 is 0. The smallest absolute Gasteiger partial charge is 0.0565 e. The van der Waals surface area contributed by atoms with E-state index in [0.717, 1.165) is 6.54 Å². The van der Waals surface area contributed by atoms with Crippen molar-refractivity contribution in [2.24, 2.45) is 0 Å². The summed E-state index contributed by atoms with van der Waals surface area (Å²) in [4.78, 5) is 3.68. The standard InChI is InChI=1S/C19H20N2/c1-19(12-7-13-20-19)18-17(14-8-3-2-4-9-14)15-10-5-6-11-16(15)21-18/h2-6,8-11,20-21H,7,12-13H2,1H3. The number of hydrogen-bond donors (Lipinski definition) is 2. The molecular weight excluding hydrogens is 256 g/mol. The van der Waals surface area contributed by atoms with Crippen LogP contribution in [0.1, 0.15) is 25.5 Å². The Kier molecular flexibility index (Phi) is 2.86. The van der Waals surface area contributed by atoms with Crippen molar-refractivity contribution in [3.8, 4) is 11.1 Å². The van der Waals surface area contributed by atoms with Gasteiger partial charge >= 0.3 is 0 Å². The number of para-hydroxylation sites is 1. The molecule has 1 fully saturated rings. The second-order valence-corrected chi connectivity index (χ2v) is 6.15. The van der Waals surface area contributed by atoms with E-state index in [9.17, 15) is 0 Å². The molecule has 0 amide bonds. The van der Waals surface area contributed by atoms with Crippen molar-refractivity contribution in [1.29, 1.82) is 0 Å². The minimum atomic E-state index is 0.0458. The third-order valence-electron chi connectivity index (χ3n) is 4.69. The lowest BCUT2D eigenvalue weighted by molar-refractivity contribution is 0.426. The first-order valence-electron chi connectivity index (χ1n) is 7.70. The maximum atomic E-state index is 3.69. The molecule has 2 heterocycles. The minimum absolute atomic E-state index is 0.0458. The van der Waals surface area contributed by atoms with E-state index in [4.69, 9.17) is 0 Å². The highest BCUT2D eigenvalue weighted by molar-refractivity contribution is 5.98. The van der Waals surface area contributed by atoms with Crippen LogP contribution in [0.3, 0.4) is 0 Å². The van der Waals surface area contributed by atoms with Gasteiger partial charge in [0.15, 0.2) is 0 Å². The zero-order chi connectivity index (χ0) is 14.3. The molecule has 0 radical (unpaired) electrons. The fourth-order valence-electron chi connectivity index (χ4n) is 3.57. The maximum absolute atomic E-state index is 3.69. The van der Waals surface area contributed by atoms with Crippen molar-refractivity contribution >= 4 is 10.9 Å². The van der Waals surface area contributed by atoms with E-state index in [2.05, 4.69) is 71.8 Å². The molecule has 0 aliphatic carbocycles. The van der Waals surface area contributed by atoms with E-state index >= 15 is 0 Å². The van der Waals surface area contributed by atoms with Crippen LogP contribution in [-0.2, 0) is 5.54 Å². The molecular formula is C19H20N2. The number of fused-ring (bicyclic) bond motifs is 1. The molecule has 4 rings (SSSR count). The van der Waals surface area contributed by atoms with E-state index in [1.807, 2.05) is 0 Å². The summed E-state index contributed by atoms with van der Waals surface area (Å²) in [6.45, 7) is 3.41. The van der Waals surface area contributed by atoms with Crippen LogP contribution in [0, 0.1) is 0 Å². The van der Waals surface area contributed by atoms with Crippen LogP contribution in [-0.4, -0.2) is 11.5 Å². The molecule has 1 unspecified atom stereocenters. The van der Waals surface area contributed by atoms with E-state index in [0.29, 0.717) is 0 Å². The second-order valence-electron chi connectivity index (χ2n) is 6.15. The van der Waals surface area contributed by atoms with Crippen molar-refractivity contribution in [3.05, 3.63) is 60.3 Å². The lowest BCUT2D eigenvalue weighted by atomic mass is 9.89. The van der Waals surface area contributed by atoms with Crippen LogP contribution < -0.4 is 5.32 Å². The third-order valence-corrected chi connectivity index (χ3v) is 4.69. The van der Waals surface area contributed by atoms with E-state index < -0.39 is 0 Å². The fourth-order valence-corrected chi connectivity index (χ4v) is 3.57. The van der Waals surface area contributed by atoms with Gasteiger partial charge in [-0.05, 0) is 37.9 Å². The number of aromatic nitrogens is 1. The van der Waals surface area contributed by atoms with Crippen LogP contribution in [0.5, 0.6) is 0 Å². The van der Waals surface area contributed by atoms with Crippen LogP contribution in [0.2, 0.25) is 0 Å². The molecule has 0 spiro atoms. The Balaban J connectivity index is 2.02. The average Bonchev–Trinajstić information content (AvgIpc) is 3.13. The Morgan fingerprint density at radius 2 is 1.71 bits per heavy atom. The van der Waals surface area contributed by atoms with Gasteiger partial charge in [0.2, 0.25) is 0 Å². The molecule has 1 aromatic heterocycles. The average molecular weight is 276 g/mol. The molecule has 21 heavy (non-hydrogen) atoms. The Hall–Kier alpha value is -2.06. The minimum Gasteiger partial charge on any atom is -0.356 e. The van der Waals surface area contributed by atoms with Gasteiger partial charge in [-0.2, -0.15) is 0 Å². The molecule has 3 aromatic rings. The number of nitrogens with one attached hydrogen (secondary N) is 2. The quantitative estimate of drug-likeness (QED) is 0.712. The zero-order valence-corrected chi connectivity index (χ0v) is 12.3. The molecule has 1 aliphatic heterocycles. The van der Waals surface area contributed by atoms with Crippen molar-refractivity contribution < 1.29 is 0 Å². The Morgan fingerprint density at radius 3 is 2.48 bits per heavy atom. The number of H-pyrrole nitrogens is 1. The Bertz CT molecular complexity index is 765. The van der Waals surface area contributed by atoms with Crippen LogP contribution in [0.15, 0.2) is 54.6 Å². The van der Waals surface area contributed by atoms with Gasteiger partial charge in [0.25, 0.3) is 0 Å². The van der Waals surface area contributed by atoms with Gasteiger partial charge < -0.3 is 10.3 Å². The molecule has 2 heteroatoms. The number of aromatic amines is 1. The van der Waals surface area contributed by atoms with Crippen LogP contribution in [0.4, 0.5) is 0 Å². The normalized spacial score (nSPS) is 22.0.